The number of amides is 1. The van der Waals surface area contributed by atoms with Gasteiger partial charge in [0, 0.05) is 41.3 Å². The van der Waals surface area contributed by atoms with Gasteiger partial charge in [-0.3, -0.25) is 9.48 Å². The van der Waals surface area contributed by atoms with Crippen LogP contribution in [0.4, 0.5) is 0 Å². The van der Waals surface area contributed by atoms with Crippen molar-refractivity contribution in [3.05, 3.63) is 88.9 Å². The molecule has 0 spiro atoms. The van der Waals surface area contributed by atoms with Crippen LogP contribution in [0, 0.1) is 13.8 Å². The Morgan fingerprint density at radius 3 is 2.67 bits per heavy atom. The number of hydrogen-bond donors (Lipinski definition) is 2. The van der Waals surface area contributed by atoms with Crippen molar-refractivity contribution in [3.8, 4) is 0 Å². The van der Waals surface area contributed by atoms with E-state index in [4.69, 9.17) is 0 Å². The fraction of sp³-hybridized carbons (Fsp3) is 0.280. The molecule has 0 saturated heterocycles. The first kappa shape index (κ1) is 20.0. The van der Waals surface area contributed by atoms with Crippen molar-refractivity contribution < 1.29 is 4.79 Å². The van der Waals surface area contributed by atoms with Crippen molar-refractivity contribution in [2.45, 2.75) is 46.2 Å². The molecule has 0 fully saturated rings. The molecule has 4 rings (SSSR count). The first-order valence-corrected chi connectivity index (χ1v) is 10.5. The van der Waals surface area contributed by atoms with Gasteiger partial charge < -0.3 is 10.3 Å². The summed E-state index contributed by atoms with van der Waals surface area (Å²) < 4.78 is 2.02. The molecule has 0 unspecified atom stereocenters. The SMILES string of the molecule is Cc1nn(Cc2ccccc2)c(C)c1CNC(=O)CCCc1c[nH]c2ccccc12. The van der Waals surface area contributed by atoms with Crippen molar-refractivity contribution in [3.63, 3.8) is 0 Å². The molecule has 0 aliphatic rings. The van der Waals surface area contributed by atoms with E-state index in [1.165, 1.54) is 16.5 Å². The average molecular weight is 401 g/mol. The molecular formula is C25H28N4O. The maximum Gasteiger partial charge on any atom is 0.220 e. The van der Waals surface area contributed by atoms with Crippen molar-refractivity contribution in [1.82, 2.24) is 20.1 Å². The minimum absolute atomic E-state index is 0.0875. The summed E-state index contributed by atoms with van der Waals surface area (Å²) in [5.41, 5.74) is 6.83. The van der Waals surface area contributed by atoms with Gasteiger partial charge in [-0.1, -0.05) is 48.5 Å². The summed E-state index contributed by atoms with van der Waals surface area (Å²) in [6.45, 7) is 5.35. The van der Waals surface area contributed by atoms with E-state index < -0.39 is 0 Å². The number of carbonyl (C=O) groups excluding carboxylic acids is 1. The van der Waals surface area contributed by atoms with Gasteiger partial charge in [-0.2, -0.15) is 5.10 Å². The van der Waals surface area contributed by atoms with E-state index in [9.17, 15) is 4.79 Å². The molecule has 2 heterocycles. The quantitative estimate of drug-likeness (QED) is 0.451. The standard InChI is InChI=1S/C25H28N4O/c1-18-23(19(2)29(28-18)17-20-9-4-3-5-10-20)16-27-25(30)14-8-11-21-15-26-24-13-7-6-12-22(21)24/h3-7,9-10,12-13,15,26H,8,11,14,16-17H2,1-2H3,(H,27,30). The highest BCUT2D eigenvalue weighted by molar-refractivity contribution is 5.83. The minimum atomic E-state index is 0.0875. The van der Waals surface area contributed by atoms with Crippen LogP contribution < -0.4 is 5.32 Å². The molecule has 0 aliphatic heterocycles. The smallest absolute Gasteiger partial charge is 0.220 e. The monoisotopic (exact) mass is 400 g/mol. The zero-order chi connectivity index (χ0) is 20.9. The highest BCUT2D eigenvalue weighted by Gasteiger charge is 2.13. The number of para-hydroxylation sites is 1. The topological polar surface area (TPSA) is 62.7 Å². The number of H-pyrrole nitrogens is 1. The van der Waals surface area contributed by atoms with Gasteiger partial charge in [0.25, 0.3) is 0 Å². The third-order valence-corrected chi connectivity index (χ3v) is 5.69. The van der Waals surface area contributed by atoms with Gasteiger partial charge in [0.15, 0.2) is 0 Å². The molecule has 2 aromatic heterocycles. The van der Waals surface area contributed by atoms with Gasteiger partial charge in [0.2, 0.25) is 5.91 Å². The Bertz CT molecular complexity index is 1140. The highest BCUT2D eigenvalue weighted by Crippen LogP contribution is 2.19. The summed E-state index contributed by atoms with van der Waals surface area (Å²) >= 11 is 0. The summed E-state index contributed by atoms with van der Waals surface area (Å²) in [6, 6.07) is 18.6. The van der Waals surface area contributed by atoms with E-state index in [1.807, 2.05) is 35.9 Å². The number of aromatic amines is 1. The van der Waals surface area contributed by atoms with Crippen molar-refractivity contribution in [1.29, 1.82) is 0 Å². The Hall–Kier alpha value is -3.34. The Kier molecular flexibility index (Phi) is 5.98. The second-order valence-electron chi connectivity index (χ2n) is 7.78. The molecule has 4 aromatic rings. The lowest BCUT2D eigenvalue weighted by atomic mass is 10.1. The molecule has 5 heteroatoms. The number of benzene rings is 2. The number of aromatic nitrogens is 3. The number of nitrogens with one attached hydrogen (secondary N) is 2. The lowest BCUT2D eigenvalue weighted by Crippen LogP contribution is -2.23. The average Bonchev–Trinajstić information content (AvgIpc) is 3.28. The van der Waals surface area contributed by atoms with Gasteiger partial charge in [-0.25, -0.2) is 0 Å². The fourth-order valence-electron chi connectivity index (χ4n) is 3.95. The van der Waals surface area contributed by atoms with Crippen LogP contribution >= 0.6 is 0 Å². The Morgan fingerprint density at radius 2 is 1.83 bits per heavy atom. The van der Waals surface area contributed by atoms with Crippen molar-refractivity contribution in [2.75, 3.05) is 0 Å². The fourth-order valence-corrected chi connectivity index (χ4v) is 3.95. The van der Waals surface area contributed by atoms with E-state index in [2.05, 4.69) is 58.9 Å². The maximum atomic E-state index is 12.4. The van der Waals surface area contributed by atoms with Gasteiger partial charge in [0.05, 0.1) is 12.2 Å². The third-order valence-electron chi connectivity index (χ3n) is 5.69. The Morgan fingerprint density at radius 1 is 1.07 bits per heavy atom. The number of hydrogen-bond acceptors (Lipinski definition) is 2. The highest BCUT2D eigenvalue weighted by atomic mass is 16.1. The summed E-state index contributed by atoms with van der Waals surface area (Å²) in [6.07, 6.45) is 4.30. The maximum absolute atomic E-state index is 12.4. The van der Waals surface area contributed by atoms with Gasteiger partial charge in [0.1, 0.15) is 0 Å². The van der Waals surface area contributed by atoms with Crippen LogP contribution in [0.1, 0.15) is 40.9 Å². The number of nitrogens with zero attached hydrogens (tertiary/aromatic N) is 2. The number of aryl methyl sites for hydroxylation is 2. The molecular weight excluding hydrogens is 372 g/mol. The van der Waals surface area contributed by atoms with Crippen molar-refractivity contribution >= 4 is 16.8 Å². The zero-order valence-corrected chi connectivity index (χ0v) is 17.6. The van der Waals surface area contributed by atoms with Crippen LogP contribution in [0.3, 0.4) is 0 Å². The lowest BCUT2D eigenvalue weighted by molar-refractivity contribution is -0.121. The molecule has 5 nitrogen and oxygen atoms in total. The second-order valence-corrected chi connectivity index (χ2v) is 7.78. The normalized spacial score (nSPS) is 11.1. The van der Waals surface area contributed by atoms with Crippen LogP contribution in [0.5, 0.6) is 0 Å². The molecule has 2 N–H and O–H groups in total. The molecule has 0 atom stereocenters. The van der Waals surface area contributed by atoms with Crippen LogP contribution in [0.25, 0.3) is 10.9 Å². The molecule has 0 radical (unpaired) electrons. The largest absolute Gasteiger partial charge is 0.361 e. The molecule has 154 valence electrons. The minimum Gasteiger partial charge on any atom is -0.361 e. The van der Waals surface area contributed by atoms with Gasteiger partial charge in [-0.05, 0) is 43.9 Å². The Balaban J connectivity index is 1.29. The van der Waals surface area contributed by atoms with Crippen LogP contribution in [0.2, 0.25) is 0 Å². The lowest BCUT2D eigenvalue weighted by Gasteiger charge is -2.07. The molecule has 0 saturated carbocycles. The molecule has 1 amide bonds. The van der Waals surface area contributed by atoms with E-state index in [1.54, 1.807) is 0 Å². The van der Waals surface area contributed by atoms with E-state index in [0.29, 0.717) is 13.0 Å². The third kappa shape index (κ3) is 4.46. The predicted molar refractivity (Wildman–Crippen MR) is 120 cm³/mol. The summed E-state index contributed by atoms with van der Waals surface area (Å²) in [4.78, 5) is 15.7. The summed E-state index contributed by atoms with van der Waals surface area (Å²) in [5.74, 6) is 0.0875. The van der Waals surface area contributed by atoms with Gasteiger partial charge >= 0.3 is 0 Å². The van der Waals surface area contributed by atoms with Crippen LogP contribution in [-0.4, -0.2) is 20.7 Å². The Labute approximate surface area is 177 Å². The number of fused-ring (bicyclic) bond motifs is 1. The van der Waals surface area contributed by atoms with Crippen LogP contribution in [-0.2, 0) is 24.3 Å². The van der Waals surface area contributed by atoms with Crippen molar-refractivity contribution in [2.24, 2.45) is 0 Å². The van der Waals surface area contributed by atoms with E-state index >= 15 is 0 Å². The second kappa shape index (κ2) is 8.99. The molecule has 30 heavy (non-hydrogen) atoms. The van der Waals surface area contributed by atoms with E-state index in [-0.39, 0.29) is 5.91 Å². The van der Waals surface area contributed by atoms with E-state index in [0.717, 1.165) is 41.9 Å². The van der Waals surface area contributed by atoms with Crippen LogP contribution in [0.15, 0.2) is 60.8 Å². The molecule has 0 aliphatic carbocycles. The predicted octanol–water partition coefficient (Wildman–Crippen LogP) is 4.67. The zero-order valence-electron chi connectivity index (χ0n) is 17.6. The molecule has 2 aromatic carbocycles. The summed E-state index contributed by atoms with van der Waals surface area (Å²) in [5, 5.41) is 8.99. The number of carbonyl (C=O) groups is 1. The summed E-state index contributed by atoms with van der Waals surface area (Å²) in [7, 11) is 0. The number of rotatable bonds is 8. The first-order chi connectivity index (χ1) is 14.6. The van der Waals surface area contributed by atoms with Gasteiger partial charge in [-0.15, -0.1) is 0 Å². The first-order valence-electron chi connectivity index (χ1n) is 10.5. The molecule has 0 bridgehead atoms.